The summed E-state index contributed by atoms with van der Waals surface area (Å²) in [5.41, 5.74) is 2.61. The van der Waals surface area contributed by atoms with E-state index in [2.05, 4.69) is 20.6 Å². The van der Waals surface area contributed by atoms with Crippen LogP contribution in [-0.4, -0.2) is 15.9 Å². The minimum Gasteiger partial charge on any atom is -0.324 e. The average Bonchev–Trinajstić information content (AvgIpc) is 2.65. The number of alkyl halides is 3. The molecule has 0 unspecified atom stereocenters. The van der Waals surface area contributed by atoms with Crippen LogP contribution < -0.4 is 10.6 Å². The van der Waals surface area contributed by atoms with Gasteiger partial charge >= 0.3 is 6.18 Å². The molecule has 0 aliphatic carbocycles. The third-order valence-corrected chi connectivity index (χ3v) is 4.10. The van der Waals surface area contributed by atoms with Crippen molar-refractivity contribution in [3.8, 4) is 0 Å². The van der Waals surface area contributed by atoms with Crippen LogP contribution in [0.25, 0.3) is 0 Å². The number of aryl methyl sites for hydroxylation is 2. The summed E-state index contributed by atoms with van der Waals surface area (Å²) < 4.78 is 37.7. The zero-order valence-corrected chi connectivity index (χ0v) is 15.1. The van der Waals surface area contributed by atoms with Gasteiger partial charge in [-0.1, -0.05) is 18.2 Å². The van der Waals surface area contributed by atoms with E-state index in [9.17, 15) is 18.0 Å². The molecule has 1 amide bonds. The monoisotopic (exact) mass is 386 g/mol. The Morgan fingerprint density at radius 3 is 2.04 bits per heavy atom. The molecule has 0 saturated heterocycles. The number of halogens is 3. The molecule has 0 fully saturated rings. The molecule has 0 bridgehead atoms. The highest BCUT2D eigenvalue weighted by molar-refractivity contribution is 6.03. The maximum absolute atomic E-state index is 12.6. The van der Waals surface area contributed by atoms with Crippen LogP contribution in [0.15, 0.2) is 54.9 Å². The number of nitrogens with one attached hydrogen (secondary N) is 2. The molecule has 1 aromatic heterocycles. The molecule has 8 heteroatoms. The van der Waals surface area contributed by atoms with Crippen LogP contribution in [0.1, 0.15) is 27.0 Å². The second kappa shape index (κ2) is 7.67. The van der Waals surface area contributed by atoms with Crippen LogP contribution in [0.2, 0.25) is 0 Å². The molecule has 0 spiro atoms. The Balaban J connectivity index is 1.68. The van der Waals surface area contributed by atoms with E-state index in [-0.39, 0.29) is 11.3 Å². The third kappa shape index (κ3) is 4.46. The minimum atomic E-state index is -4.42. The van der Waals surface area contributed by atoms with Crippen LogP contribution in [0.3, 0.4) is 0 Å². The number of carbonyl (C=O) groups is 1. The van der Waals surface area contributed by atoms with Crippen molar-refractivity contribution >= 4 is 23.2 Å². The van der Waals surface area contributed by atoms with Crippen molar-refractivity contribution in [2.45, 2.75) is 20.0 Å². The maximum atomic E-state index is 12.6. The first-order chi connectivity index (χ1) is 13.2. The molecule has 0 radical (unpaired) electrons. The van der Waals surface area contributed by atoms with E-state index in [1.165, 1.54) is 24.5 Å². The summed E-state index contributed by atoms with van der Waals surface area (Å²) in [5, 5.41) is 5.63. The van der Waals surface area contributed by atoms with Crippen molar-refractivity contribution in [1.82, 2.24) is 9.97 Å². The summed E-state index contributed by atoms with van der Waals surface area (Å²) in [6.45, 7) is 3.92. The summed E-state index contributed by atoms with van der Waals surface area (Å²) in [6, 6.07) is 10.1. The van der Waals surface area contributed by atoms with Gasteiger partial charge in [-0.15, -0.1) is 0 Å². The SMILES string of the molecule is Cc1cccc(C)c1Nc1ncc(C(=O)Nc2ccc(C(F)(F)F)cc2)cn1. The fraction of sp³-hybridized carbons (Fsp3) is 0.150. The summed E-state index contributed by atoms with van der Waals surface area (Å²) >= 11 is 0. The Bertz CT molecular complexity index is 964. The Morgan fingerprint density at radius 2 is 1.50 bits per heavy atom. The van der Waals surface area contributed by atoms with E-state index in [4.69, 9.17) is 0 Å². The fourth-order valence-corrected chi connectivity index (χ4v) is 2.58. The zero-order valence-electron chi connectivity index (χ0n) is 15.1. The van der Waals surface area contributed by atoms with Gasteiger partial charge in [0.15, 0.2) is 0 Å². The molecular weight excluding hydrogens is 369 g/mol. The third-order valence-electron chi connectivity index (χ3n) is 4.10. The highest BCUT2D eigenvalue weighted by atomic mass is 19.4. The fourth-order valence-electron chi connectivity index (χ4n) is 2.58. The second-order valence-corrected chi connectivity index (χ2v) is 6.22. The minimum absolute atomic E-state index is 0.187. The van der Waals surface area contributed by atoms with E-state index < -0.39 is 17.6 Å². The standard InChI is InChI=1S/C20H17F3N4O/c1-12-4-3-5-13(2)17(12)27-19-24-10-14(11-25-19)18(28)26-16-8-6-15(7-9-16)20(21,22)23/h3-11H,1-2H3,(H,26,28)(H,24,25,27). The average molecular weight is 386 g/mol. The molecule has 0 aliphatic rings. The summed E-state index contributed by atoms with van der Waals surface area (Å²) in [4.78, 5) is 20.5. The summed E-state index contributed by atoms with van der Waals surface area (Å²) in [6.07, 6.45) is -1.72. The molecule has 0 saturated carbocycles. The topological polar surface area (TPSA) is 66.9 Å². The Labute approximate surface area is 159 Å². The molecule has 5 nitrogen and oxygen atoms in total. The van der Waals surface area contributed by atoms with E-state index in [1.807, 2.05) is 32.0 Å². The van der Waals surface area contributed by atoms with Crippen LogP contribution >= 0.6 is 0 Å². The first kappa shape index (κ1) is 19.3. The molecule has 0 atom stereocenters. The summed E-state index contributed by atoms with van der Waals surface area (Å²) in [5.74, 6) is -0.179. The number of aromatic nitrogens is 2. The lowest BCUT2D eigenvalue weighted by molar-refractivity contribution is -0.137. The molecule has 3 aromatic rings. The maximum Gasteiger partial charge on any atom is 0.416 e. The number of rotatable bonds is 4. The number of anilines is 3. The lowest BCUT2D eigenvalue weighted by atomic mass is 10.1. The predicted octanol–water partition coefficient (Wildman–Crippen LogP) is 5.11. The number of nitrogens with zero attached hydrogens (tertiary/aromatic N) is 2. The van der Waals surface area contributed by atoms with Gasteiger partial charge in [0.2, 0.25) is 5.95 Å². The first-order valence-electron chi connectivity index (χ1n) is 8.38. The predicted molar refractivity (Wildman–Crippen MR) is 101 cm³/mol. The number of hydrogen-bond acceptors (Lipinski definition) is 4. The van der Waals surface area contributed by atoms with Gasteiger partial charge in [-0.05, 0) is 49.2 Å². The Morgan fingerprint density at radius 1 is 0.929 bits per heavy atom. The van der Waals surface area contributed by atoms with Crippen molar-refractivity contribution < 1.29 is 18.0 Å². The quantitative estimate of drug-likeness (QED) is 0.654. The van der Waals surface area contributed by atoms with Gasteiger partial charge in [0.05, 0.1) is 11.1 Å². The zero-order chi connectivity index (χ0) is 20.3. The number of benzene rings is 2. The lowest BCUT2D eigenvalue weighted by Crippen LogP contribution is -2.13. The molecule has 2 aromatic carbocycles. The van der Waals surface area contributed by atoms with Crippen molar-refractivity contribution in [3.63, 3.8) is 0 Å². The largest absolute Gasteiger partial charge is 0.416 e. The van der Waals surface area contributed by atoms with Gasteiger partial charge in [0, 0.05) is 23.8 Å². The van der Waals surface area contributed by atoms with Crippen LogP contribution in [-0.2, 0) is 6.18 Å². The smallest absolute Gasteiger partial charge is 0.324 e. The summed E-state index contributed by atoms with van der Waals surface area (Å²) in [7, 11) is 0. The molecule has 0 aliphatic heterocycles. The molecule has 3 rings (SSSR count). The van der Waals surface area contributed by atoms with Gasteiger partial charge in [0.1, 0.15) is 0 Å². The van der Waals surface area contributed by atoms with Gasteiger partial charge in [0.25, 0.3) is 5.91 Å². The molecular formula is C20H17F3N4O. The second-order valence-electron chi connectivity index (χ2n) is 6.22. The van der Waals surface area contributed by atoms with Crippen molar-refractivity contribution in [2.75, 3.05) is 10.6 Å². The van der Waals surface area contributed by atoms with Crippen LogP contribution in [0, 0.1) is 13.8 Å². The number of amides is 1. The molecule has 144 valence electrons. The highest BCUT2D eigenvalue weighted by Gasteiger charge is 2.30. The van der Waals surface area contributed by atoms with E-state index in [1.54, 1.807) is 0 Å². The van der Waals surface area contributed by atoms with Gasteiger partial charge in [-0.3, -0.25) is 4.79 Å². The van der Waals surface area contributed by atoms with Gasteiger partial charge < -0.3 is 10.6 Å². The van der Waals surface area contributed by atoms with Gasteiger partial charge in [-0.25, -0.2) is 9.97 Å². The molecule has 2 N–H and O–H groups in total. The van der Waals surface area contributed by atoms with E-state index >= 15 is 0 Å². The highest BCUT2D eigenvalue weighted by Crippen LogP contribution is 2.30. The van der Waals surface area contributed by atoms with E-state index in [0.29, 0.717) is 5.95 Å². The van der Waals surface area contributed by atoms with Crippen molar-refractivity contribution in [1.29, 1.82) is 0 Å². The number of hydrogen-bond donors (Lipinski definition) is 2. The van der Waals surface area contributed by atoms with E-state index in [0.717, 1.165) is 28.9 Å². The van der Waals surface area contributed by atoms with Crippen molar-refractivity contribution in [3.05, 3.63) is 77.1 Å². The number of carbonyl (C=O) groups excluding carboxylic acids is 1. The first-order valence-corrected chi connectivity index (χ1v) is 8.38. The Kier molecular flexibility index (Phi) is 5.30. The Hall–Kier alpha value is -3.42. The van der Waals surface area contributed by atoms with Crippen LogP contribution in [0.5, 0.6) is 0 Å². The normalized spacial score (nSPS) is 11.2. The van der Waals surface area contributed by atoms with Crippen molar-refractivity contribution in [2.24, 2.45) is 0 Å². The molecule has 1 heterocycles. The number of para-hydroxylation sites is 1. The lowest BCUT2D eigenvalue weighted by Gasteiger charge is -2.11. The molecule has 28 heavy (non-hydrogen) atoms. The van der Waals surface area contributed by atoms with Crippen LogP contribution in [0.4, 0.5) is 30.5 Å². The van der Waals surface area contributed by atoms with Gasteiger partial charge in [-0.2, -0.15) is 13.2 Å².